The van der Waals surface area contributed by atoms with Crippen molar-refractivity contribution in [2.24, 2.45) is 0 Å². The number of rotatable bonds is 5. The van der Waals surface area contributed by atoms with E-state index in [4.69, 9.17) is 11.6 Å². The third-order valence-corrected chi connectivity index (χ3v) is 5.25. The van der Waals surface area contributed by atoms with E-state index in [1.807, 2.05) is 48.9 Å². The molecule has 1 aliphatic heterocycles. The maximum Gasteiger partial charge on any atom is 0.176 e. The lowest BCUT2D eigenvalue weighted by molar-refractivity contribution is 0.264. The summed E-state index contributed by atoms with van der Waals surface area (Å²) in [5.74, 6) is 1.51. The molecule has 1 aromatic carbocycles. The Morgan fingerprint density at radius 3 is 2.78 bits per heavy atom. The van der Waals surface area contributed by atoms with Crippen molar-refractivity contribution in [3.8, 4) is 5.82 Å². The van der Waals surface area contributed by atoms with Gasteiger partial charge in [-0.25, -0.2) is 4.68 Å². The van der Waals surface area contributed by atoms with E-state index < -0.39 is 0 Å². The van der Waals surface area contributed by atoms with Crippen LogP contribution in [0.2, 0.25) is 5.02 Å². The van der Waals surface area contributed by atoms with Gasteiger partial charge in [0.2, 0.25) is 0 Å². The molecular formula is C20H23ClN6. The maximum atomic E-state index is 6.29. The highest BCUT2D eigenvalue weighted by Gasteiger charge is 2.17. The number of aromatic nitrogens is 4. The van der Waals surface area contributed by atoms with E-state index in [1.165, 1.54) is 11.1 Å². The lowest BCUT2D eigenvalue weighted by atomic mass is 10.00. The minimum Gasteiger partial charge on any atom is -0.367 e. The first kappa shape index (κ1) is 17.9. The second kappa shape index (κ2) is 7.66. The molecule has 2 aromatic heterocycles. The highest BCUT2D eigenvalue weighted by atomic mass is 35.5. The number of anilines is 1. The molecule has 0 saturated carbocycles. The monoisotopic (exact) mass is 382 g/mol. The lowest BCUT2D eigenvalue weighted by Gasteiger charge is -2.29. The summed E-state index contributed by atoms with van der Waals surface area (Å²) in [6.07, 6.45) is 1.01. The number of fused-ring (bicyclic) bond motifs is 1. The van der Waals surface area contributed by atoms with Crippen LogP contribution in [0.25, 0.3) is 5.82 Å². The zero-order valence-electron chi connectivity index (χ0n) is 15.6. The molecule has 0 bridgehead atoms. The first-order valence-electron chi connectivity index (χ1n) is 9.20. The van der Waals surface area contributed by atoms with Gasteiger partial charge in [0.15, 0.2) is 5.82 Å². The molecule has 0 atom stereocenters. The molecule has 1 aliphatic rings. The highest BCUT2D eigenvalue weighted by Crippen LogP contribution is 2.25. The third kappa shape index (κ3) is 3.96. The fourth-order valence-corrected chi connectivity index (χ4v) is 3.84. The fourth-order valence-electron chi connectivity index (χ4n) is 3.55. The molecule has 4 rings (SSSR count). The minimum absolute atomic E-state index is 0.732. The molecule has 1 N–H and O–H groups in total. The first-order chi connectivity index (χ1) is 13.1. The summed E-state index contributed by atoms with van der Waals surface area (Å²) in [4.78, 5) is 2.43. The van der Waals surface area contributed by atoms with Gasteiger partial charge in [0, 0.05) is 36.9 Å². The fraction of sp³-hybridized carbons (Fsp3) is 0.350. The number of nitrogens with zero attached hydrogens (tertiary/aromatic N) is 5. The van der Waals surface area contributed by atoms with Crippen LogP contribution in [0, 0.1) is 13.8 Å². The van der Waals surface area contributed by atoms with E-state index >= 15 is 0 Å². The van der Waals surface area contributed by atoms with Gasteiger partial charge in [0.1, 0.15) is 5.82 Å². The van der Waals surface area contributed by atoms with Gasteiger partial charge in [-0.2, -0.15) is 5.10 Å². The van der Waals surface area contributed by atoms with Gasteiger partial charge in [-0.1, -0.05) is 23.7 Å². The Morgan fingerprint density at radius 1 is 1.15 bits per heavy atom. The Bertz CT molecular complexity index is 934. The van der Waals surface area contributed by atoms with Crippen LogP contribution in [-0.2, 0) is 13.0 Å². The summed E-state index contributed by atoms with van der Waals surface area (Å²) in [6, 6.07) is 12.1. The topological polar surface area (TPSA) is 58.9 Å². The zero-order chi connectivity index (χ0) is 18.8. The predicted octanol–water partition coefficient (Wildman–Crippen LogP) is 3.40. The molecular weight excluding hydrogens is 360 g/mol. The molecule has 0 radical (unpaired) electrons. The lowest BCUT2D eigenvalue weighted by Crippen LogP contribution is -2.34. The van der Waals surface area contributed by atoms with E-state index in [2.05, 4.69) is 31.6 Å². The molecule has 3 heterocycles. The van der Waals surface area contributed by atoms with E-state index in [9.17, 15) is 0 Å². The first-order valence-corrected chi connectivity index (χ1v) is 9.58. The largest absolute Gasteiger partial charge is 0.367 e. The van der Waals surface area contributed by atoms with Gasteiger partial charge in [-0.3, -0.25) is 4.90 Å². The van der Waals surface area contributed by atoms with Gasteiger partial charge in [-0.15, -0.1) is 10.2 Å². The van der Waals surface area contributed by atoms with Crippen LogP contribution >= 0.6 is 11.6 Å². The average molecular weight is 383 g/mol. The highest BCUT2D eigenvalue weighted by molar-refractivity contribution is 6.31. The summed E-state index contributed by atoms with van der Waals surface area (Å²) in [7, 11) is 0. The van der Waals surface area contributed by atoms with Crippen molar-refractivity contribution in [3.05, 3.63) is 63.9 Å². The van der Waals surface area contributed by atoms with Crippen molar-refractivity contribution < 1.29 is 0 Å². The average Bonchev–Trinajstić information content (AvgIpc) is 3.01. The molecule has 27 heavy (non-hydrogen) atoms. The summed E-state index contributed by atoms with van der Waals surface area (Å²) in [6.45, 7) is 7.73. The molecule has 0 unspecified atom stereocenters. The van der Waals surface area contributed by atoms with Crippen molar-refractivity contribution in [2.45, 2.75) is 26.8 Å². The SMILES string of the molecule is Cc1cc(C)n(-c2ccc(NCCN3CCc4c(Cl)cccc4C3)nn2)n1. The molecule has 0 fully saturated rings. The van der Waals surface area contributed by atoms with E-state index in [-0.39, 0.29) is 0 Å². The van der Waals surface area contributed by atoms with Gasteiger partial charge in [0.25, 0.3) is 0 Å². The van der Waals surface area contributed by atoms with Crippen molar-refractivity contribution in [1.29, 1.82) is 0 Å². The summed E-state index contributed by atoms with van der Waals surface area (Å²) >= 11 is 6.29. The van der Waals surface area contributed by atoms with Crippen molar-refractivity contribution >= 4 is 17.4 Å². The number of hydrogen-bond acceptors (Lipinski definition) is 5. The Hall–Kier alpha value is -2.44. The van der Waals surface area contributed by atoms with Crippen LogP contribution in [0.15, 0.2) is 36.4 Å². The molecule has 6 nitrogen and oxygen atoms in total. The van der Waals surface area contributed by atoms with E-state index in [1.54, 1.807) is 0 Å². The molecule has 7 heteroatoms. The van der Waals surface area contributed by atoms with Crippen LogP contribution in [0.3, 0.4) is 0 Å². The van der Waals surface area contributed by atoms with Crippen molar-refractivity contribution in [1.82, 2.24) is 24.9 Å². The van der Waals surface area contributed by atoms with E-state index in [0.717, 1.165) is 60.6 Å². The molecule has 0 aliphatic carbocycles. The van der Waals surface area contributed by atoms with Gasteiger partial charge < -0.3 is 5.32 Å². The Morgan fingerprint density at radius 2 is 2.04 bits per heavy atom. The molecule has 0 spiro atoms. The van der Waals surface area contributed by atoms with Crippen LogP contribution in [0.1, 0.15) is 22.5 Å². The molecule has 140 valence electrons. The maximum absolute atomic E-state index is 6.29. The van der Waals surface area contributed by atoms with Crippen LogP contribution in [0.4, 0.5) is 5.82 Å². The smallest absolute Gasteiger partial charge is 0.176 e. The van der Waals surface area contributed by atoms with Gasteiger partial charge in [-0.05, 0) is 55.7 Å². The Labute approximate surface area is 164 Å². The predicted molar refractivity (Wildman–Crippen MR) is 108 cm³/mol. The van der Waals surface area contributed by atoms with Crippen molar-refractivity contribution in [3.63, 3.8) is 0 Å². The van der Waals surface area contributed by atoms with E-state index in [0.29, 0.717) is 0 Å². The summed E-state index contributed by atoms with van der Waals surface area (Å²) in [5, 5.41) is 17.2. The number of aryl methyl sites for hydroxylation is 2. The standard InChI is InChI=1S/C20H23ClN6/c1-14-12-15(2)27(25-14)20-7-6-19(23-24-20)22-9-11-26-10-8-17-16(13-26)4-3-5-18(17)21/h3-7,12H,8-11,13H2,1-2H3,(H,22,23). The summed E-state index contributed by atoms with van der Waals surface area (Å²) in [5.41, 5.74) is 4.66. The zero-order valence-corrected chi connectivity index (χ0v) is 16.4. The number of nitrogens with one attached hydrogen (secondary N) is 1. The van der Waals surface area contributed by atoms with Crippen molar-refractivity contribution in [2.75, 3.05) is 25.0 Å². The van der Waals surface area contributed by atoms with Gasteiger partial charge >= 0.3 is 0 Å². The normalized spacial score (nSPS) is 14.2. The van der Waals surface area contributed by atoms with Crippen LogP contribution in [0.5, 0.6) is 0 Å². The second-order valence-electron chi connectivity index (χ2n) is 6.95. The molecule has 0 saturated heterocycles. The summed E-state index contributed by atoms with van der Waals surface area (Å²) < 4.78 is 1.81. The molecule has 3 aromatic rings. The van der Waals surface area contributed by atoms with Gasteiger partial charge in [0.05, 0.1) is 5.69 Å². The molecule has 0 amide bonds. The number of hydrogen-bond donors (Lipinski definition) is 1. The minimum atomic E-state index is 0.732. The van der Waals surface area contributed by atoms with Crippen LogP contribution < -0.4 is 5.32 Å². The number of benzene rings is 1. The quantitative estimate of drug-likeness (QED) is 0.732. The third-order valence-electron chi connectivity index (χ3n) is 4.90. The van der Waals surface area contributed by atoms with Crippen LogP contribution in [-0.4, -0.2) is 44.5 Å². The Kier molecular flexibility index (Phi) is 5.09. The Balaban J connectivity index is 1.31. The number of halogens is 1. The second-order valence-corrected chi connectivity index (χ2v) is 7.35.